The van der Waals surface area contributed by atoms with Gasteiger partial charge >= 0.3 is 19.8 Å². The van der Waals surface area contributed by atoms with Gasteiger partial charge < -0.3 is 20.1 Å². The smallest absolute Gasteiger partial charge is 0.462 e. The average Bonchev–Trinajstić information content (AvgIpc) is 3.08. The third-order valence-electron chi connectivity index (χ3n) is 7.41. The molecule has 0 rings (SSSR count). The molecular formula is C39H68NO8P. The molecule has 2 atom stereocenters. The van der Waals surface area contributed by atoms with Crippen LogP contribution in [-0.2, 0) is 32.7 Å². The largest absolute Gasteiger partial charge is 0.472 e. The maximum absolute atomic E-state index is 12.5. The van der Waals surface area contributed by atoms with Gasteiger partial charge in [-0.15, -0.1) is 0 Å². The highest BCUT2D eigenvalue weighted by molar-refractivity contribution is 7.47. The first-order valence-electron chi connectivity index (χ1n) is 18.7. The number of allylic oxidation sites excluding steroid dienone is 10. The molecule has 0 spiro atoms. The predicted octanol–water partition coefficient (Wildman–Crippen LogP) is 10.2. The number of nitrogens with two attached hydrogens (primary N) is 1. The Hall–Kier alpha value is -2.29. The molecule has 9 nitrogen and oxygen atoms in total. The monoisotopic (exact) mass is 709 g/mol. The number of ether oxygens (including phenoxy) is 2. The maximum atomic E-state index is 12.5. The van der Waals surface area contributed by atoms with Gasteiger partial charge in [-0.2, -0.15) is 0 Å². The van der Waals surface area contributed by atoms with E-state index in [0.29, 0.717) is 12.8 Å². The number of esters is 2. The van der Waals surface area contributed by atoms with Crippen molar-refractivity contribution in [2.24, 2.45) is 5.73 Å². The summed E-state index contributed by atoms with van der Waals surface area (Å²) >= 11 is 0. The molecule has 0 aromatic heterocycles. The number of unbranched alkanes of at least 4 members (excludes halogenated alkanes) is 12. The summed E-state index contributed by atoms with van der Waals surface area (Å²) in [6.07, 6.45) is 39.7. The lowest BCUT2D eigenvalue weighted by Gasteiger charge is -2.19. The first kappa shape index (κ1) is 46.7. The number of phosphoric ester groups is 1. The minimum atomic E-state index is -4.38. The zero-order valence-corrected chi connectivity index (χ0v) is 31.5. The van der Waals surface area contributed by atoms with Crippen molar-refractivity contribution in [3.63, 3.8) is 0 Å². The Morgan fingerprint density at radius 2 is 1.16 bits per heavy atom. The van der Waals surface area contributed by atoms with Crippen molar-refractivity contribution < 1.29 is 37.6 Å². The highest BCUT2D eigenvalue weighted by atomic mass is 31.2. The molecule has 0 saturated heterocycles. The van der Waals surface area contributed by atoms with Crippen LogP contribution in [0.15, 0.2) is 60.8 Å². The fourth-order valence-corrected chi connectivity index (χ4v) is 5.41. The molecule has 0 aromatic rings. The molecular weight excluding hydrogens is 641 g/mol. The van der Waals surface area contributed by atoms with Crippen molar-refractivity contribution >= 4 is 19.8 Å². The van der Waals surface area contributed by atoms with E-state index in [1.807, 2.05) is 6.92 Å². The zero-order valence-electron chi connectivity index (χ0n) is 30.7. The minimum Gasteiger partial charge on any atom is -0.462 e. The van der Waals surface area contributed by atoms with Gasteiger partial charge in [0.25, 0.3) is 0 Å². The SMILES string of the molecule is C/C=C/CC/C=C/CC/C=C/CCCCCCC(=O)OC[C@@H](COP(=O)(O)OCCN)OC(=O)CCCCCCC/C=C/C/C=C/CCC. The van der Waals surface area contributed by atoms with Crippen LogP contribution in [-0.4, -0.2) is 49.3 Å². The first-order chi connectivity index (χ1) is 23.8. The second kappa shape index (κ2) is 35.5. The normalized spacial score (nSPS) is 14.1. The fourth-order valence-electron chi connectivity index (χ4n) is 4.64. The van der Waals surface area contributed by atoms with E-state index in [2.05, 4.69) is 67.7 Å². The van der Waals surface area contributed by atoms with Gasteiger partial charge in [-0.05, 0) is 84.0 Å². The summed E-state index contributed by atoms with van der Waals surface area (Å²) in [5, 5.41) is 0. The number of rotatable bonds is 34. The Labute approximate surface area is 298 Å². The van der Waals surface area contributed by atoms with Gasteiger partial charge in [0.2, 0.25) is 0 Å². The van der Waals surface area contributed by atoms with Gasteiger partial charge in [-0.1, -0.05) is 106 Å². The van der Waals surface area contributed by atoms with E-state index in [4.69, 9.17) is 24.3 Å². The van der Waals surface area contributed by atoms with Crippen LogP contribution >= 0.6 is 7.82 Å². The number of carbonyl (C=O) groups excluding carboxylic acids is 2. The van der Waals surface area contributed by atoms with E-state index in [1.54, 1.807) is 0 Å². The highest BCUT2D eigenvalue weighted by Crippen LogP contribution is 2.43. The Morgan fingerprint density at radius 3 is 1.76 bits per heavy atom. The molecule has 0 heterocycles. The van der Waals surface area contributed by atoms with Crippen LogP contribution in [0.2, 0.25) is 0 Å². The standard InChI is InChI=1S/C39H68NO8P/c1-3-5-7-9-11-13-15-17-18-20-21-23-25-27-29-31-38(41)45-35-37(36-47-49(43,44)46-34-33-40)48-39(42)32-30-28-26-24-22-19-16-14-12-10-8-6-4-2/h3,5,8,10-11,13-14,16,18,20,37H,4,6-7,9,12,15,17,19,21-36,40H2,1-2H3,(H,43,44)/b5-3+,10-8+,13-11+,16-14+,20-18+/t37-/m0/s1. The summed E-state index contributed by atoms with van der Waals surface area (Å²) in [7, 11) is -4.38. The lowest BCUT2D eigenvalue weighted by Crippen LogP contribution is -2.29. The van der Waals surface area contributed by atoms with Crippen molar-refractivity contribution in [3.05, 3.63) is 60.8 Å². The third kappa shape index (κ3) is 35.3. The Bertz CT molecular complexity index is 992. The average molecular weight is 710 g/mol. The van der Waals surface area contributed by atoms with Crippen LogP contribution in [0.4, 0.5) is 0 Å². The molecule has 49 heavy (non-hydrogen) atoms. The molecule has 0 amide bonds. The molecule has 0 aliphatic carbocycles. The lowest BCUT2D eigenvalue weighted by molar-refractivity contribution is -0.161. The van der Waals surface area contributed by atoms with Crippen LogP contribution in [0.3, 0.4) is 0 Å². The van der Waals surface area contributed by atoms with Crippen LogP contribution in [0.5, 0.6) is 0 Å². The Morgan fingerprint density at radius 1 is 0.653 bits per heavy atom. The third-order valence-corrected chi connectivity index (χ3v) is 8.39. The van der Waals surface area contributed by atoms with Crippen LogP contribution in [0.25, 0.3) is 0 Å². The van der Waals surface area contributed by atoms with E-state index in [-0.39, 0.29) is 32.6 Å². The van der Waals surface area contributed by atoms with E-state index < -0.39 is 32.5 Å². The van der Waals surface area contributed by atoms with E-state index in [9.17, 15) is 19.0 Å². The summed E-state index contributed by atoms with van der Waals surface area (Å²) in [6, 6.07) is 0. The molecule has 3 N–H and O–H groups in total. The first-order valence-corrected chi connectivity index (χ1v) is 20.2. The van der Waals surface area contributed by atoms with Crippen molar-refractivity contribution in [1.82, 2.24) is 0 Å². The highest BCUT2D eigenvalue weighted by Gasteiger charge is 2.25. The van der Waals surface area contributed by atoms with Crippen LogP contribution < -0.4 is 5.73 Å². The van der Waals surface area contributed by atoms with Gasteiger partial charge in [0.15, 0.2) is 6.10 Å². The molecule has 0 saturated carbocycles. The molecule has 0 radical (unpaired) electrons. The summed E-state index contributed by atoms with van der Waals surface area (Å²) in [6.45, 7) is 3.39. The number of hydrogen-bond acceptors (Lipinski definition) is 8. The fraction of sp³-hybridized carbons (Fsp3) is 0.692. The summed E-state index contributed by atoms with van der Waals surface area (Å²) < 4.78 is 32.6. The molecule has 282 valence electrons. The molecule has 1 unspecified atom stereocenters. The summed E-state index contributed by atoms with van der Waals surface area (Å²) in [5.41, 5.74) is 5.33. The number of carbonyl (C=O) groups is 2. The van der Waals surface area contributed by atoms with Gasteiger partial charge in [0.1, 0.15) is 6.61 Å². The Balaban J connectivity index is 4.29. The molecule has 0 aromatic carbocycles. The zero-order chi connectivity index (χ0) is 36.1. The molecule has 0 fully saturated rings. The Kier molecular flexibility index (Phi) is 33.9. The summed E-state index contributed by atoms with van der Waals surface area (Å²) in [4.78, 5) is 34.7. The second-order valence-electron chi connectivity index (χ2n) is 12.1. The number of hydrogen-bond donors (Lipinski definition) is 2. The predicted molar refractivity (Wildman–Crippen MR) is 201 cm³/mol. The second-order valence-corrected chi connectivity index (χ2v) is 13.5. The molecule has 0 aliphatic heterocycles. The van der Waals surface area contributed by atoms with Gasteiger partial charge in [-0.25, -0.2) is 4.57 Å². The van der Waals surface area contributed by atoms with E-state index in [0.717, 1.165) is 96.3 Å². The quantitative estimate of drug-likeness (QED) is 0.0290. The van der Waals surface area contributed by atoms with Gasteiger partial charge in [0, 0.05) is 19.4 Å². The van der Waals surface area contributed by atoms with Crippen molar-refractivity contribution in [2.45, 2.75) is 148 Å². The molecule has 10 heteroatoms. The molecule has 0 aliphatic rings. The van der Waals surface area contributed by atoms with E-state index in [1.165, 1.54) is 6.42 Å². The minimum absolute atomic E-state index is 0.0453. The van der Waals surface area contributed by atoms with Crippen molar-refractivity contribution in [2.75, 3.05) is 26.4 Å². The van der Waals surface area contributed by atoms with Crippen LogP contribution in [0.1, 0.15) is 142 Å². The molecule has 0 bridgehead atoms. The topological polar surface area (TPSA) is 134 Å². The van der Waals surface area contributed by atoms with Gasteiger partial charge in [-0.3, -0.25) is 18.6 Å². The van der Waals surface area contributed by atoms with Crippen LogP contribution in [0, 0.1) is 0 Å². The lowest BCUT2D eigenvalue weighted by atomic mass is 10.1. The summed E-state index contributed by atoms with van der Waals surface area (Å²) in [5.74, 6) is -0.876. The van der Waals surface area contributed by atoms with Gasteiger partial charge in [0.05, 0.1) is 13.2 Å². The van der Waals surface area contributed by atoms with Crippen molar-refractivity contribution in [3.8, 4) is 0 Å². The van der Waals surface area contributed by atoms with Crippen molar-refractivity contribution in [1.29, 1.82) is 0 Å². The maximum Gasteiger partial charge on any atom is 0.472 e. The number of phosphoric acid groups is 1. The van der Waals surface area contributed by atoms with E-state index >= 15 is 0 Å².